The topological polar surface area (TPSA) is 18.5 Å². The SMILES string of the molecule is CNC(C)(C)CN1CCCN2CCCC2C1. The van der Waals surface area contributed by atoms with Gasteiger partial charge in [-0.05, 0) is 59.8 Å². The number of nitrogens with one attached hydrogen (secondary N) is 1. The van der Waals surface area contributed by atoms with Crippen LogP contribution >= 0.6 is 0 Å². The Morgan fingerprint density at radius 2 is 1.94 bits per heavy atom. The molecule has 0 aromatic carbocycles. The lowest BCUT2D eigenvalue weighted by Gasteiger charge is -2.33. The van der Waals surface area contributed by atoms with Crippen LogP contribution in [-0.2, 0) is 0 Å². The Labute approximate surface area is 100 Å². The molecule has 2 saturated heterocycles. The molecule has 2 aliphatic rings. The van der Waals surface area contributed by atoms with Crippen molar-refractivity contribution in [3.05, 3.63) is 0 Å². The molecule has 94 valence electrons. The normalized spacial score (nSPS) is 29.1. The van der Waals surface area contributed by atoms with E-state index in [2.05, 4.69) is 36.0 Å². The van der Waals surface area contributed by atoms with Crippen LogP contribution in [0.15, 0.2) is 0 Å². The molecule has 0 bridgehead atoms. The molecule has 2 rings (SSSR count). The van der Waals surface area contributed by atoms with Gasteiger partial charge in [-0.1, -0.05) is 0 Å². The number of likely N-dealkylation sites (N-methyl/N-ethyl adjacent to an activating group) is 1. The summed E-state index contributed by atoms with van der Waals surface area (Å²) < 4.78 is 0. The minimum Gasteiger partial charge on any atom is -0.314 e. The number of hydrogen-bond donors (Lipinski definition) is 1. The summed E-state index contributed by atoms with van der Waals surface area (Å²) in [6, 6.07) is 0.843. The maximum Gasteiger partial charge on any atom is 0.0249 e. The summed E-state index contributed by atoms with van der Waals surface area (Å²) in [5, 5.41) is 3.41. The molecule has 2 aliphatic heterocycles. The highest BCUT2D eigenvalue weighted by molar-refractivity contribution is 4.88. The summed E-state index contributed by atoms with van der Waals surface area (Å²) in [6.45, 7) is 11.0. The summed E-state index contributed by atoms with van der Waals surface area (Å²) in [5.74, 6) is 0. The van der Waals surface area contributed by atoms with E-state index in [-0.39, 0.29) is 5.54 Å². The number of fused-ring (bicyclic) bond motifs is 1. The van der Waals surface area contributed by atoms with Crippen molar-refractivity contribution in [2.75, 3.05) is 39.8 Å². The van der Waals surface area contributed by atoms with Gasteiger partial charge in [-0.3, -0.25) is 9.80 Å². The maximum atomic E-state index is 3.41. The fraction of sp³-hybridized carbons (Fsp3) is 1.00. The minimum atomic E-state index is 0.244. The molecule has 1 atom stereocenters. The molecule has 0 saturated carbocycles. The molecule has 0 spiro atoms. The minimum absolute atomic E-state index is 0.244. The second-order valence-corrected chi connectivity index (χ2v) is 6.05. The van der Waals surface area contributed by atoms with Crippen LogP contribution in [0.3, 0.4) is 0 Å². The summed E-state index contributed by atoms with van der Waals surface area (Å²) in [7, 11) is 2.07. The van der Waals surface area contributed by atoms with Crippen molar-refractivity contribution in [3.63, 3.8) is 0 Å². The van der Waals surface area contributed by atoms with Crippen molar-refractivity contribution in [2.24, 2.45) is 0 Å². The molecule has 2 fully saturated rings. The van der Waals surface area contributed by atoms with Gasteiger partial charge in [0.15, 0.2) is 0 Å². The molecule has 3 heteroatoms. The van der Waals surface area contributed by atoms with Gasteiger partial charge in [0.1, 0.15) is 0 Å². The highest BCUT2D eigenvalue weighted by Gasteiger charge is 2.30. The average molecular weight is 225 g/mol. The lowest BCUT2D eigenvalue weighted by Crippen LogP contribution is -2.49. The lowest BCUT2D eigenvalue weighted by molar-refractivity contribution is 0.183. The Bertz CT molecular complexity index is 227. The molecule has 3 nitrogen and oxygen atoms in total. The van der Waals surface area contributed by atoms with Gasteiger partial charge in [-0.15, -0.1) is 0 Å². The molecule has 0 aliphatic carbocycles. The first-order valence-electron chi connectivity index (χ1n) is 6.76. The van der Waals surface area contributed by atoms with Crippen LogP contribution in [0.2, 0.25) is 0 Å². The van der Waals surface area contributed by atoms with E-state index in [9.17, 15) is 0 Å². The zero-order valence-corrected chi connectivity index (χ0v) is 11.1. The first-order chi connectivity index (χ1) is 7.61. The Morgan fingerprint density at radius 3 is 2.69 bits per heavy atom. The van der Waals surface area contributed by atoms with Gasteiger partial charge in [0.25, 0.3) is 0 Å². The third-order valence-electron chi connectivity index (χ3n) is 4.18. The molecular weight excluding hydrogens is 198 g/mol. The fourth-order valence-corrected chi connectivity index (χ4v) is 3.06. The van der Waals surface area contributed by atoms with Gasteiger partial charge in [-0.2, -0.15) is 0 Å². The summed E-state index contributed by atoms with van der Waals surface area (Å²) in [4.78, 5) is 5.36. The monoisotopic (exact) mass is 225 g/mol. The quantitative estimate of drug-likeness (QED) is 0.777. The molecule has 1 N–H and O–H groups in total. The highest BCUT2D eigenvalue weighted by Crippen LogP contribution is 2.22. The maximum absolute atomic E-state index is 3.41. The van der Waals surface area contributed by atoms with Crippen molar-refractivity contribution in [3.8, 4) is 0 Å². The van der Waals surface area contributed by atoms with Gasteiger partial charge in [-0.25, -0.2) is 0 Å². The predicted molar refractivity (Wildman–Crippen MR) is 68.8 cm³/mol. The molecule has 0 amide bonds. The summed E-state index contributed by atoms with van der Waals surface area (Å²) in [5.41, 5.74) is 0.244. The van der Waals surface area contributed by atoms with E-state index >= 15 is 0 Å². The van der Waals surface area contributed by atoms with E-state index < -0.39 is 0 Å². The first kappa shape index (κ1) is 12.3. The molecule has 2 heterocycles. The van der Waals surface area contributed by atoms with E-state index in [1.165, 1.54) is 52.0 Å². The van der Waals surface area contributed by atoms with Crippen LogP contribution < -0.4 is 5.32 Å². The van der Waals surface area contributed by atoms with Crippen molar-refractivity contribution < 1.29 is 0 Å². The first-order valence-corrected chi connectivity index (χ1v) is 6.76. The van der Waals surface area contributed by atoms with Gasteiger partial charge in [0.05, 0.1) is 0 Å². The highest BCUT2D eigenvalue weighted by atomic mass is 15.3. The van der Waals surface area contributed by atoms with Gasteiger partial charge < -0.3 is 5.32 Å². The van der Waals surface area contributed by atoms with Crippen LogP contribution in [0.4, 0.5) is 0 Å². The Kier molecular flexibility index (Phi) is 3.88. The zero-order chi connectivity index (χ0) is 11.6. The Balaban J connectivity index is 1.90. The third kappa shape index (κ3) is 2.96. The predicted octanol–water partition coefficient (Wildman–Crippen LogP) is 1.15. The van der Waals surface area contributed by atoms with Gasteiger partial charge in [0.2, 0.25) is 0 Å². The number of nitrogens with zero attached hydrogens (tertiary/aromatic N) is 2. The Hall–Kier alpha value is -0.120. The van der Waals surface area contributed by atoms with Crippen LogP contribution in [0, 0.1) is 0 Å². The second kappa shape index (κ2) is 5.03. The van der Waals surface area contributed by atoms with Crippen LogP contribution in [0.1, 0.15) is 33.1 Å². The molecule has 1 unspecified atom stereocenters. The molecule has 16 heavy (non-hydrogen) atoms. The Morgan fingerprint density at radius 1 is 1.19 bits per heavy atom. The lowest BCUT2D eigenvalue weighted by atomic mass is 10.0. The number of rotatable bonds is 3. The van der Waals surface area contributed by atoms with Crippen molar-refractivity contribution in [1.82, 2.24) is 15.1 Å². The van der Waals surface area contributed by atoms with E-state index in [4.69, 9.17) is 0 Å². The second-order valence-electron chi connectivity index (χ2n) is 6.05. The van der Waals surface area contributed by atoms with E-state index in [0.717, 1.165) is 6.04 Å². The molecule has 0 aromatic rings. The van der Waals surface area contributed by atoms with Crippen LogP contribution in [0.25, 0.3) is 0 Å². The zero-order valence-electron chi connectivity index (χ0n) is 11.1. The van der Waals surface area contributed by atoms with Crippen molar-refractivity contribution in [1.29, 1.82) is 0 Å². The van der Waals surface area contributed by atoms with E-state index in [1.54, 1.807) is 0 Å². The average Bonchev–Trinajstić information content (AvgIpc) is 2.58. The van der Waals surface area contributed by atoms with Crippen LogP contribution in [-0.4, -0.2) is 61.2 Å². The number of hydrogen-bond acceptors (Lipinski definition) is 3. The molecular formula is C13H27N3. The van der Waals surface area contributed by atoms with Crippen molar-refractivity contribution in [2.45, 2.75) is 44.7 Å². The van der Waals surface area contributed by atoms with Crippen molar-refractivity contribution >= 4 is 0 Å². The van der Waals surface area contributed by atoms with E-state index in [0.29, 0.717) is 0 Å². The largest absolute Gasteiger partial charge is 0.314 e. The summed E-state index contributed by atoms with van der Waals surface area (Å²) >= 11 is 0. The van der Waals surface area contributed by atoms with Gasteiger partial charge in [0, 0.05) is 24.7 Å². The smallest absolute Gasteiger partial charge is 0.0249 e. The summed E-state index contributed by atoms with van der Waals surface area (Å²) in [6.07, 6.45) is 4.17. The van der Waals surface area contributed by atoms with Crippen LogP contribution in [0.5, 0.6) is 0 Å². The van der Waals surface area contributed by atoms with E-state index in [1.807, 2.05) is 0 Å². The molecule has 0 radical (unpaired) electrons. The molecule has 0 aromatic heterocycles. The van der Waals surface area contributed by atoms with Gasteiger partial charge >= 0.3 is 0 Å². The third-order valence-corrected chi connectivity index (χ3v) is 4.18. The fourth-order valence-electron chi connectivity index (χ4n) is 3.06. The standard InChI is InChI=1S/C13H27N3/c1-13(2,14-3)11-15-7-5-9-16-8-4-6-12(16)10-15/h12,14H,4-11H2,1-3H3.